The number of aliphatic carboxylic acids is 1. The maximum atomic E-state index is 12.5. The molecule has 2 aliphatic heterocycles. The number of carboxylic acids is 1. The van der Waals surface area contributed by atoms with Gasteiger partial charge in [0, 0.05) is 25.6 Å². The largest absolute Gasteiger partial charge is 0.480 e. The van der Waals surface area contributed by atoms with Gasteiger partial charge in [0.05, 0.1) is 5.92 Å². The van der Waals surface area contributed by atoms with E-state index in [9.17, 15) is 19.5 Å². The summed E-state index contributed by atoms with van der Waals surface area (Å²) in [6.45, 7) is 4.75. The number of amides is 2. The van der Waals surface area contributed by atoms with Gasteiger partial charge in [-0.15, -0.1) is 0 Å². The molecule has 20 heavy (non-hydrogen) atoms. The number of rotatable bonds is 3. The molecule has 0 aromatic carbocycles. The second-order valence-corrected chi connectivity index (χ2v) is 5.92. The summed E-state index contributed by atoms with van der Waals surface area (Å²) in [5.41, 5.74) is 0. The summed E-state index contributed by atoms with van der Waals surface area (Å²) in [7, 11) is 0. The Bertz CT molecular complexity index is 421. The van der Waals surface area contributed by atoms with Crippen LogP contribution in [0.3, 0.4) is 0 Å². The van der Waals surface area contributed by atoms with E-state index in [1.165, 1.54) is 4.90 Å². The number of likely N-dealkylation sites (tertiary alicyclic amines) is 2. The van der Waals surface area contributed by atoms with Crippen molar-refractivity contribution in [2.24, 2.45) is 5.92 Å². The van der Waals surface area contributed by atoms with Crippen molar-refractivity contribution in [3.8, 4) is 0 Å². The van der Waals surface area contributed by atoms with Crippen LogP contribution in [0.2, 0.25) is 0 Å². The average Bonchev–Trinajstić information content (AvgIpc) is 2.80. The molecular formula is C14H22N2O4. The molecule has 0 radical (unpaired) electrons. The SMILES string of the molecule is CC(C)N1CC(C(=O)N2CCCC[C@H]2C(=O)O)CC1=O. The van der Waals surface area contributed by atoms with Gasteiger partial charge in [0.1, 0.15) is 6.04 Å². The molecule has 0 bridgehead atoms. The zero-order valence-corrected chi connectivity index (χ0v) is 12.0. The van der Waals surface area contributed by atoms with Crippen molar-refractivity contribution >= 4 is 17.8 Å². The smallest absolute Gasteiger partial charge is 0.326 e. The van der Waals surface area contributed by atoms with E-state index in [0.29, 0.717) is 19.5 Å². The Hall–Kier alpha value is -1.59. The molecule has 2 heterocycles. The van der Waals surface area contributed by atoms with Crippen LogP contribution in [-0.2, 0) is 14.4 Å². The van der Waals surface area contributed by atoms with Crippen molar-refractivity contribution in [1.29, 1.82) is 0 Å². The molecule has 2 fully saturated rings. The lowest BCUT2D eigenvalue weighted by Crippen LogP contribution is -2.50. The van der Waals surface area contributed by atoms with E-state index in [-0.39, 0.29) is 30.2 Å². The van der Waals surface area contributed by atoms with E-state index in [2.05, 4.69) is 0 Å². The van der Waals surface area contributed by atoms with E-state index in [1.54, 1.807) is 4.90 Å². The van der Waals surface area contributed by atoms with Crippen LogP contribution in [0.25, 0.3) is 0 Å². The summed E-state index contributed by atoms with van der Waals surface area (Å²) in [6.07, 6.45) is 2.39. The van der Waals surface area contributed by atoms with Crippen molar-refractivity contribution in [2.75, 3.05) is 13.1 Å². The van der Waals surface area contributed by atoms with Crippen LogP contribution in [0.15, 0.2) is 0 Å². The Labute approximate surface area is 118 Å². The van der Waals surface area contributed by atoms with Crippen LogP contribution >= 0.6 is 0 Å². The third-order valence-electron chi connectivity index (χ3n) is 4.20. The van der Waals surface area contributed by atoms with Crippen LogP contribution in [0.4, 0.5) is 0 Å². The molecule has 1 unspecified atom stereocenters. The molecule has 0 aromatic heterocycles. The normalized spacial score (nSPS) is 27.2. The second kappa shape index (κ2) is 5.81. The number of nitrogens with zero attached hydrogens (tertiary/aromatic N) is 2. The zero-order valence-electron chi connectivity index (χ0n) is 12.0. The Morgan fingerprint density at radius 1 is 1.30 bits per heavy atom. The van der Waals surface area contributed by atoms with Gasteiger partial charge in [-0.25, -0.2) is 4.79 Å². The lowest BCUT2D eigenvalue weighted by atomic mass is 9.98. The van der Waals surface area contributed by atoms with E-state index in [4.69, 9.17) is 0 Å². The Morgan fingerprint density at radius 2 is 2.00 bits per heavy atom. The third kappa shape index (κ3) is 2.78. The highest BCUT2D eigenvalue weighted by Gasteiger charge is 2.41. The minimum atomic E-state index is -0.942. The summed E-state index contributed by atoms with van der Waals surface area (Å²) in [5, 5.41) is 9.22. The minimum absolute atomic E-state index is 0.0118. The molecule has 2 amide bonds. The van der Waals surface area contributed by atoms with E-state index >= 15 is 0 Å². The molecule has 0 saturated carbocycles. The number of piperidine rings is 1. The fourth-order valence-corrected chi connectivity index (χ4v) is 3.08. The van der Waals surface area contributed by atoms with Gasteiger partial charge < -0.3 is 14.9 Å². The Kier molecular flexibility index (Phi) is 4.30. The van der Waals surface area contributed by atoms with Crippen molar-refractivity contribution < 1.29 is 19.5 Å². The maximum absolute atomic E-state index is 12.5. The molecule has 0 spiro atoms. The second-order valence-electron chi connectivity index (χ2n) is 5.92. The topological polar surface area (TPSA) is 77.9 Å². The summed E-state index contributed by atoms with van der Waals surface area (Å²) in [5.74, 6) is -1.51. The highest BCUT2D eigenvalue weighted by Crippen LogP contribution is 2.26. The standard InChI is InChI=1S/C14H22N2O4/c1-9(2)16-8-10(7-12(16)17)13(18)15-6-4-3-5-11(15)14(19)20/h9-11H,3-8H2,1-2H3,(H,19,20)/t10?,11-/m0/s1. The van der Waals surface area contributed by atoms with Gasteiger partial charge in [0.2, 0.25) is 11.8 Å². The Balaban J connectivity index is 2.07. The molecule has 6 heteroatoms. The molecule has 2 rings (SSSR count). The van der Waals surface area contributed by atoms with E-state index < -0.39 is 12.0 Å². The highest BCUT2D eigenvalue weighted by atomic mass is 16.4. The average molecular weight is 282 g/mol. The summed E-state index contributed by atoms with van der Waals surface area (Å²) < 4.78 is 0. The molecule has 2 atom stereocenters. The molecule has 1 N–H and O–H groups in total. The van der Waals surface area contributed by atoms with Crippen molar-refractivity contribution in [1.82, 2.24) is 9.80 Å². The number of hydrogen-bond donors (Lipinski definition) is 1. The molecule has 6 nitrogen and oxygen atoms in total. The lowest BCUT2D eigenvalue weighted by Gasteiger charge is -2.34. The minimum Gasteiger partial charge on any atom is -0.480 e. The maximum Gasteiger partial charge on any atom is 0.326 e. The predicted molar refractivity (Wildman–Crippen MR) is 71.9 cm³/mol. The molecule has 2 saturated heterocycles. The summed E-state index contributed by atoms with van der Waals surface area (Å²) in [6, 6.07) is -0.642. The predicted octanol–water partition coefficient (Wildman–Crippen LogP) is 0.709. The Morgan fingerprint density at radius 3 is 2.55 bits per heavy atom. The number of carboxylic acid groups (broad SMARTS) is 1. The highest BCUT2D eigenvalue weighted by molar-refractivity contribution is 5.91. The van der Waals surface area contributed by atoms with Gasteiger partial charge in [-0.3, -0.25) is 9.59 Å². The van der Waals surface area contributed by atoms with Crippen molar-refractivity contribution in [2.45, 2.75) is 51.6 Å². The number of hydrogen-bond acceptors (Lipinski definition) is 3. The van der Waals surface area contributed by atoms with E-state index in [1.807, 2.05) is 13.8 Å². The fraction of sp³-hybridized carbons (Fsp3) is 0.786. The third-order valence-corrected chi connectivity index (χ3v) is 4.20. The molecule has 0 aliphatic carbocycles. The number of carbonyl (C=O) groups excluding carboxylic acids is 2. The van der Waals surface area contributed by atoms with Gasteiger partial charge in [0.25, 0.3) is 0 Å². The van der Waals surface area contributed by atoms with Gasteiger partial charge in [-0.1, -0.05) is 0 Å². The number of carbonyl (C=O) groups is 3. The fourth-order valence-electron chi connectivity index (χ4n) is 3.08. The quantitative estimate of drug-likeness (QED) is 0.827. The zero-order chi connectivity index (χ0) is 14.9. The van der Waals surface area contributed by atoms with Crippen LogP contribution in [0.1, 0.15) is 39.5 Å². The van der Waals surface area contributed by atoms with E-state index in [0.717, 1.165) is 12.8 Å². The van der Waals surface area contributed by atoms with Crippen LogP contribution < -0.4 is 0 Å². The first-order valence-corrected chi connectivity index (χ1v) is 7.24. The van der Waals surface area contributed by atoms with Gasteiger partial charge in [0.15, 0.2) is 0 Å². The lowest BCUT2D eigenvalue weighted by molar-refractivity contribution is -0.153. The molecule has 0 aromatic rings. The molecule has 112 valence electrons. The molecular weight excluding hydrogens is 260 g/mol. The van der Waals surface area contributed by atoms with Crippen LogP contribution in [-0.4, -0.2) is 57.9 Å². The van der Waals surface area contributed by atoms with Crippen molar-refractivity contribution in [3.05, 3.63) is 0 Å². The first-order chi connectivity index (χ1) is 9.41. The summed E-state index contributed by atoms with van der Waals surface area (Å²) in [4.78, 5) is 38.8. The van der Waals surface area contributed by atoms with Gasteiger partial charge in [-0.2, -0.15) is 0 Å². The van der Waals surface area contributed by atoms with Crippen molar-refractivity contribution in [3.63, 3.8) is 0 Å². The molecule has 2 aliphatic rings. The first-order valence-electron chi connectivity index (χ1n) is 7.24. The van der Waals surface area contributed by atoms with Gasteiger partial charge in [-0.05, 0) is 33.1 Å². The van der Waals surface area contributed by atoms with Crippen LogP contribution in [0.5, 0.6) is 0 Å². The summed E-state index contributed by atoms with van der Waals surface area (Å²) >= 11 is 0. The monoisotopic (exact) mass is 282 g/mol. The van der Waals surface area contributed by atoms with Crippen LogP contribution in [0, 0.1) is 5.92 Å². The van der Waals surface area contributed by atoms with Gasteiger partial charge >= 0.3 is 5.97 Å². The first kappa shape index (κ1) is 14.8.